The Hall–Kier alpha value is -4.91. The molecule has 1 unspecified atom stereocenters. The Morgan fingerprint density at radius 3 is 2.10 bits per heavy atom. The molecule has 1 N–H and O–H groups in total. The van der Waals surface area contributed by atoms with Crippen molar-refractivity contribution in [2.45, 2.75) is 13.0 Å². The van der Waals surface area contributed by atoms with Crippen LogP contribution in [0.15, 0.2) is 115 Å². The average Bonchev–Trinajstić information content (AvgIpc) is 3.03. The van der Waals surface area contributed by atoms with Gasteiger partial charge in [0.25, 0.3) is 0 Å². The second-order valence-corrected chi connectivity index (χ2v) is 10.3. The molecule has 0 aliphatic carbocycles. The monoisotopic (exact) mass is 574 g/mol. The fourth-order valence-corrected chi connectivity index (χ4v) is 4.99. The molecule has 0 radical (unpaired) electrons. The summed E-state index contributed by atoms with van der Waals surface area (Å²) in [6, 6.07) is 30.3. The van der Waals surface area contributed by atoms with Crippen LogP contribution in [0.1, 0.15) is 59.6 Å². The molecule has 0 aliphatic heterocycles. The highest BCUT2D eigenvalue weighted by Gasteiger charge is 2.26. The molecule has 6 nitrogen and oxygen atoms in total. The smallest absolute Gasteiger partial charge is 0.211 e. The number of carbonyl (C=O) groups is 3. The lowest BCUT2D eigenvalue weighted by Crippen LogP contribution is -2.18. The van der Waals surface area contributed by atoms with Crippen molar-refractivity contribution in [2.75, 3.05) is 11.9 Å². The van der Waals surface area contributed by atoms with Gasteiger partial charge in [-0.2, -0.15) is 0 Å². The van der Waals surface area contributed by atoms with Gasteiger partial charge in [0, 0.05) is 40.0 Å². The number of rotatable bonds is 9. The van der Waals surface area contributed by atoms with Crippen molar-refractivity contribution in [1.29, 1.82) is 0 Å². The van der Waals surface area contributed by atoms with E-state index in [1.807, 2.05) is 37.1 Å². The van der Waals surface area contributed by atoms with E-state index in [-0.39, 0.29) is 28.2 Å². The first-order valence-corrected chi connectivity index (χ1v) is 13.6. The zero-order chi connectivity index (χ0) is 29.8. The number of nitrogens with zero attached hydrogens (tertiary/aromatic N) is 2. The van der Waals surface area contributed by atoms with E-state index >= 15 is 0 Å². The molecule has 0 saturated heterocycles. The second kappa shape index (κ2) is 12.3. The van der Waals surface area contributed by atoms with E-state index < -0.39 is 17.7 Å². The molecular weight excluding hydrogens is 548 g/mol. The molecule has 7 heteroatoms. The van der Waals surface area contributed by atoms with E-state index in [1.54, 1.807) is 79.0 Å². The van der Waals surface area contributed by atoms with Gasteiger partial charge >= 0.3 is 0 Å². The Morgan fingerprint density at radius 1 is 0.762 bits per heavy atom. The third kappa shape index (κ3) is 5.91. The highest BCUT2D eigenvalue weighted by atomic mass is 35.5. The highest BCUT2D eigenvalue weighted by molar-refractivity contribution is 6.30. The van der Waals surface area contributed by atoms with Crippen LogP contribution in [0.2, 0.25) is 5.02 Å². The fraction of sp³-hybridized carbons (Fsp3) is 0.0857. The molecule has 1 atom stereocenters. The minimum absolute atomic E-state index is 0.0411. The number of carbonyl (C=O) groups excluding carboxylic acids is 3. The lowest BCUT2D eigenvalue weighted by Gasteiger charge is -2.21. The number of benzene rings is 4. The predicted octanol–water partition coefficient (Wildman–Crippen LogP) is 7.19. The van der Waals surface area contributed by atoms with Crippen molar-refractivity contribution in [3.8, 4) is 0 Å². The van der Waals surface area contributed by atoms with Gasteiger partial charge in [0.15, 0.2) is 11.6 Å². The minimum atomic E-state index is -1.51. The summed E-state index contributed by atoms with van der Waals surface area (Å²) in [5.41, 5.74) is 3.87. The number of ketones is 3. The standard InChI is InChI=1S/C35H27ClN2O4/c1-22-19-26(36)14-18-31(22)38(2)27-15-17-30(37-21-27)33(40)25-13-16-28(32(39)23-9-5-3-6-10-23)29(20-25)35(42)34(41)24-11-7-4-8-12-24/h3-21,34,41H,1-2H3. The summed E-state index contributed by atoms with van der Waals surface area (Å²) >= 11 is 6.10. The first-order valence-electron chi connectivity index (χ1n) is 13.3. The molecule has 5 rings (SSSR count). The van der Waals surface area contributed by atoms with Gasteiger partial charge in [0.1, 0.15) is 11.8 Å². The van der Waals surface area contributed by atoms with Crippen molar-refractivity contribution < 1.29 is 19.5 Å². The maximum absolute atomic E-state index is 13.6. The van der Waals surface area contributed by atoms with Crippen molar-refractivity contribution in [3.05, 3.63) is 159 Å². The quantitative estimate of drug-likeness (QED) is 0.187. The van der Waals surface area contributed by atoms with Gasteiger partial charge in [0.05, 0.1) is 11.9 Å². The molecule has 5 aromatic rings. The Labute approximate surface area is 248 Å². The molecule has 0 aliphatic rings. The number of anilines is 2. The number of pyridine rings is 1. The van der Waals surface area contributed by atoms with Crippen LogP contribution in [0.4, 0.5) is 11.4 Å². The predicted molar refractivity (Wildman–Crippen MR) is 164 cm³/mol. The Balaban J connectivity index is 1.48. The van der Waals surface area contributed by atoms with E-state index in [2.05, 4.69) is 4.98 Å². The van der Waals surface area contributed by atoms with Gasteiger partial charge < -0.3 is 10.0 Å². The molecule has 1 aromatic heterocycles. The number of aliphatic hydroxyl groups is 1. The van der Waals surface area contributed by atoms with Gasteiger partial charge in [-0.05, 0) is 60.5 Å². The van der Waals surface area contributed by atoms with Crippen LogP contribution in [0.3, 0.4) is 0 Å². The number of Topliss-reactive ketones (excluding diaryl/α,β-unsaturated/α-hetero) is 1. The number of halogens is 1. The molecule has 208 valence electrons. The van der Waals surface area contributed by atoms with E-state index in [4.69, 9.17) is 11.6 Å². The number of hydrogen-bond donors (Lipinski definition) is 1. The molecule has 0 amide bonds. The van der Waals surface area contributed by atoms with E-state index in [0.29, 0.717) is 16.1 Å². The zero-order valence-corrected chi connectivity index (χ0v) is 23.7. The summed E-state index contributed by atoms with van der Waals surface area (Å²) < 4.78 is 0. The topological polar surface area (TPSA) is 87.6 Å². The summed E-state index contributed by atoms with van der Waals surface area (Å²) in [6.45, 7) is 1.96. The van der Waals surface area contributed by atoms with Crippen molar-refractivity contribution in [2.24, 2.45) is 0 Å². The number of aliphatic hydroxyl groups excluding tert-OH is 1. The summed E-state index contributed by atoms with van der Waals surface area (Å²) in [5.74, 6) is -1.49. The Morgan fingerprint density at radius 2 is 1.45 bits per heavy atom. The first-order chi connectivity index (χ1) is 20.2. The second-order valence-electron chi connectivity index (χ2n) is 9.85. The van der Waals surface area contributed by atoms with E-state index in [0.717, 1.165) is 16.9 Å². The maximum atomic E-state index is 13.6. The number of hydrogen-bond acceptors (Lipinski definition) is 6. The first kappa shape index (κ1) is 28.6. The zero-order valence-electron chi connectivity index (χ0n) is 23.0. The van der Waals surface area contributed by atoms with Gasteiger partial charge in [-0.1, -0.05) is 78.3 Å². The van der Waals surface area contributed by atoms with Crippen molar-refractivity contribution in [1.82, 2.24) is 4.98 Å². The Bertz CT molecular complexity index is 1770. The van der Waals surface area contributed by atoms with E-state index in [9.17, 15) is 19.5 Å². The minimum Gasteiger partial charge on any atom is -0.380 e. The van der Waals surface area contributed by atoms with Crippen molar-refractivity contribution in [3.63, 3.8) is 0 Å². The lowest BCUT2D eigenvalue weighted by molar-refractivity contribution is 0.0744. The fourth-order valence-electron chi connectivity index (χ4n) is 4.77. The molecule has 0 saturated carbocycles. The summed E-state index contributed by atoms with van der Waals surface area (Å²) in [7, 11) is 1.90. The molecule has 4 aromatic carbocycles. The Kier molecular flexibility index (Phi) is 8.38. The largest absolute Gasteiger partial charge is 0.380 e. The average molecular weight is 575 g/mol. The lowest BCUT2D eigenvalue weighted by atomic mass is 9.90. The molecule has 0 spiro atoms. The third-order valence-electron chi connectivity index (χ3n) is 7.08. The van der Waals surface area contributed by atoms with Crippen LogP contribution in [0, 0.1) is 6.92 Å². The van der Waals surface area contributed by atoms with Crippen molar-refractivity contribution >= 4 is 40.3 Å². The molecule has 0 fully saturated rings. The SMILES string of the molecule is Cc1cc(Cl)ccc1N(C)c1ccc(C(=O)c2ccc(C(=O)c3ccccc3)c(C(=O)C(O)c3ccccc3)c2)nc1. The summed E-state index contributed by atoms with van der Waals surface area (Å²) in [5, 5.41) is 11.6. The van der Waals surface area contributed by atoms with Gasteiger partial charge in [-0.3, -0.25) is 19.4 Å². The normalized spacial score (nSPS) is 11.5. The molecule has 42 heavy (non-hydrogen) atoms. The third-order valence-corrected chi connectivity index (χ3v) is 7.31. The number of aryl methyl sites for hydroxylation is 1. The molecular formula is C35H27ClN2O4. The molecule has 1 heterocycles. The summed E-state index contributed by atoms with van der Waals surface area (Å²) in [6.07, 6.45) is 0.0860. The van der Waals surface area contributed by atoms with Crippen LogP contribution in [-0.4, -0.2) is 34.5 Å². The van der Waals surface area contributed by atoms with Gasteiger partial charge in [0.2, 0.25) is 5.78 Å². The van der Waals surface area contributed by atoms with Gasteiger partial charge in [-0.25, -0.2) is 0 Å². The highest BCUT2D eigenvalue weighted by Crippen LogP contribution is 2.29. The van der Waals surface area contributed by atoms with Crippen LogP contribution < -0.4 is 4.90 Å². The number of aromatic nitrogens is 1. The van der Waals surface area contributed by atoms with E-state index in [1.165, 1.54) is 18.2 Å². The molecule has 0 bridgehead atoms. The maximum Gasteiger partial charge on any atom is 0.211 e. The van der Waals surface area contributed by atoms with Crippen LogP contribution in [-0.2, 0) is 0 Å². The van der Waals surface area contributed by atoms with Crippen LogP contribution in [0.5, 0.6) is 0 Å². The van der Waals surface area contributed by atoms with Crippen LogP contribution >= 0.6 is 11.6 Å². The van der Waals surface area contributed by atoms with Crippen LogP contribution in [0.25, 0.3) is 0 Å². The summed E-state index contributed by atoms with van der Waals surface area (Å²) in [4.78, 5) is 46.8. The van der Waals surface area contributed by atoms with Gasteiger partial charge in [-0.15, -0.1) is 0 Å².